The highest BCUT2D eigenvalue weighted by molar-refractivity contribution is 5.65. The van der Waals surface area contributed by atoms with Crippen molar-refractivity contribution in [3.63, 3.8) is 0 Å². The number of aliphatic hydroxyl groups is 1. The topological polar surface area (TPSA) is 20.2 Å². The molecule has 0 aliphatic rings. The zero-order valence-corrected chi connectivity index (χ0v) is 7.70. The van der Waals surface area contributed by atoms with Gasteiger partial charge in [-0.05, 0) is 23.3 Å². The van der Waals surface area contributed by atoms with E-state index in [2.05, 4.69) is 12.1 Å². The minimum absolute atomic E-state index is 0.0545. The second kappa shape index (κ2) is 3.95. The van der Waals surface area contributed by atoms with Crippen molar-refractivity contribution in [1.29, 1.82) is 0 Å². The molecule has 0 fully saturated rings. The molecule has 2 aromatic rings. The van der Waals surface area contributed by atoms with Crippen molar-refractivity contribution in [3.8, 4) is 11.1 Å². The van der Waals surface area contributed by atoms with Crippen LogP contribution >= 0.6 is 0 Å². The van der Waals surface area contributed by atoms with Crippen molar-refractivity contribution in [1.82, 2.24) is 0 Å². The maximum Gasteiger partial charge on any atom is 0.0688 e. The molecule has 0 spiro atoms. The summed E-state index contributed by atoms with van der Waals surface area (Å²) in [5.74, 6) is 0. The molecule has 0 bridgehead atoms. The molecule has 0 saturated heterocycles. The average molecular weight is 182 g/mol. The predicted octanol–water partition coefficient (Wildman–Crippen LogP) is 2.45. The first-order valence-corrected chi connectivity index (χ1v) is 4.49. The van der Waals surface area contributed by atoms with Gasteiger partial charge in [0.15, 0.2) is 0 Å². The third-order valence-corrected chi connectivity index (χ3v) is 2.13. The number of benzene rings is 1. The Balaban J connectivity index is 2.51. The van der Waals surface area contributed by atoms with Gasteiger partial charge in [-0.25, -0.2) is 0 Å². The quantitative estimate of drug-likeness (QED) is 0.756. The highest BCUT2D eigenvalue weighted by Crippen LogP contribution is 2.21. The van der Waals surface area contributed by atoms with Crippen LogP contribution in [0, 0.1) is 12.1 Å². The Hall–Kier alpha value is -1.78. The highest BCUT2D eigenvalue weighted by Gasteiger charge is 2.01. The Bertz CT molecular complexity index is 407. The van der Waals surface area contributed by atoms with Crippen LogP contribution in [-0.4, -0.2) is 5.11 Å². The van der Waals surface area contributed by atoms with Crippen LogP contribution in [0.15, 0.2) is 42.5 Å². The second-order valence-electron chi connectivity index (χ2n) is 3.02. The average Bonchev–Trinajstić information content (AvgIpc) is 2.30. The fraction of sp³-hybridized carbons (Fsp3) is 0.0769. The van der Waals surface area contributed by atoms with Crippen molar-refractivity contribution in [2.45, 2.75) is 6.61 Å². The minimum atomic E-state index is 0.0545. The number of aliphatic hydroxyl groups excluding tert-OH is 1. The van der Waals surface area contributed by atoms with Crippen LogP contribution in [0.5, 0.6) is 0 Å². The first-order chi connectivity index (χ1) is 6.92. The maximum absolute atomic E-state index is 9.16. The lowest BCUT2D eigenvalue weighted by Gasteiger charge is -2.04. The fourth-order valence-electron chi connectivity index (χ4n) is 1.43. The van der Waals surface area contributed by atoms with Gasteiger partial charge >= 0.3 is 0 Å². The van der Waals surface area contributed by atoms with E-state index in [0.29, 0.717) is 0 Å². The van der Waals surface area contributed by atoms with Crippen LogP contribution < -0.4 is 0 Å². The lowest BCUT2D eigenvalue weighted by molar-refractivity contribution is 0.282. The van der Waals surface area contributed by atoms with Crippen molar-refractivity contribution < 1.29 is 5.11 Å². The summed E-state index contributed by atoms with van der Waals surface area (Å²) in [4.78, 5) is 0. The standard InChI is InChI=1S/C13H10O/c14-10-12-8-4-5-9-13(12)11-6-2-1-3-7-11/h1-2,4-6,8-9,14H,10H2. The van der Waals surface area contributed by atoms with Crippen molar-refractivity contribution in [2.24, 2.45) is 0 Å². The second-order valence-corrected chi connectivity index (χ2v) is 3.02. The summed E-state index contributed by atoms with van der Waals surface area (Å²) in [6, 6.07) is 19.4. The molecule has 0 aliphatic carbocycles. The van der Waals surface area contributed by atoms with Gasteiger partial charge in [-0.2, -0.15) is 0 Å². The molecule has 14 heavy (non-hydrogen) atoms. The van der Waals surface area contributed by atoms with E-state index in [9.17, 15) is 0 Å². The van der Waals surface area contributed by atoms with Gasteiger partial charge < -0.3 is 5.11 Å². The van der Waals surface area contributed by atoms with E-state index in [1.165, 1.54) is 0 Å². The molecule has 0 amide bonds. The summed E-state index contributed by atoms with van der Waals surface area (Å²) in [5, 5.41) is 9.16. The molecule has 0 atom stereocenters. The Labute approximate surface area is 83.6 Å². The SMILES string of the molecule is OCc1ccccc1-c1c#cccc1. The highest BCUT2D eigenvalue weighted by atomic mass is 16.3. The van der Waals surface area contributed by atoms with Crippen molar-refractivity contribution >= 4 is 0 Å². The van der Waals surface area contributed by atoms with Gasteiger partial charge in [-0.1, -0.05) is 42.5 Å². The van der Waals surface area contributed by atoms with Crippen LogP contribution in [-0.2, 0) is 6.61 Å². The van der Waals surface area contributed by atoms with Crippen molar-refractivity contribution in [3.05, 3.63) is 60.2 Å². The lowest BCUT2D eigenvalue weighted by atomic mass is 10.0. The summed E-state index contributed by atoms with van der Waals surface area (Å²) in [6.45, 7) is 0.0545. The van der Waals surface area contributed by atoms with E-state index < -0.39 is 0 Å². The smallest absolute Gasteiger partial charge is 0.0688 e. The van der Waals surface area contributed by atoms with Gasteiger partial charge in [0.1, 0.15) is 0 Å². The van der Waals surface area contributed by atoms with Gasteiger partial charge in [-0.3, -0.25) is 0 Å². The third kappa shape index (κ3) is 1.61. The van der Waals surface area contributed by atoms with Gasteiger partial charge in [0, 0.05) is 5.56 Å². The summed E-state index contributed by atoms with van der Waals surface area (Å²) < 4.78 is 0. The molecule has 0 radical (unpaired) electrons. The molecule has 0 aliphatic heterocycles. The first kappa shape index (κ1) is 8.80. The third-order valence-electron chi connectivity index (χ3n) is 2.13. The summed E-state index contributed by atoms with van der Waals surface area (Å²) in [6.07, 6.45) is 0. The zero-order valence-electron chi connectivity index (χ0n) is 7.70. The minimum Gasteiger partial charge on any atom is -0.392 e. The normalized spacial score (nSPS) is 9.50. The van der Waals surface area contributed by atoms with E-state index >= 15 is 0 Å². The van der Waals surface area contributed by atoms with E-state index in [-0.39, 0.29) is 6.61 Å². The van der Waals surface area contributed by atoms with Crippen LogP contribution in [0.4, 0.5) is 0 Å². The Kier molecular flexibility index (Phi) is 2.48. The largest absolute Gasteiger partial charge is 0.392 e. The molecule has 0 aromatic heterocycles. The summed E-state index contributed by atoms with van der Waals surface area (Å²) in [7, 11) is 0. The first-order valence-electron chi connectivity index (χ1n) is 4.49. The fourth-order valence-corrected chi connectivity index (χ4v) is 1.43. The predicted molar refractivity (Wildman–Crippen MR) is 55.5 cm³/mol. The van der Waals surface area contributed by atoms with E-state index in [1.54, 1.807) is 0 Å². The van der Waals surface area contributed by atoms with Gasteiger partial charge in [0.25, 0.3) is 0 Å². The monoisotopic (exact) mass is 182 g/mol. The molecular formula is C13H10O. The van der Waals surface area contributed by atoms with Crippen LogP contribution in [0.2, 0.25) is 0 Å². The Morgan fingerprint density at radius 3 is 2.64 bits per heavy atom. The molecular weight excluding hydrogens is 172 g/mol. The zero-order chi connectivity index (χ0) is 9.80. The lowest BCUT2D eigenvalue weighted by Crippen LogP contribution is -1.87. The van der Waals surface area contributed by atoms with Gasteiger partial charge in [-0.15, -0.1) is 0 Å². The number of hydrogen-bond acceptors (Lipinski definition) is 1. The van der Waals surface area contributed by atoms with Crippen LogP contribution in [0.3, 0.4) is 0 Å². The number of hydrogen-bond donors (Lipinski definition) is 1. The number of rotatable bonds is 2. The van der Waals surface area contributed by atoms with Gasteiger partial charge in [0.05, 0.1) is 6.61 Å². The summed E-state index contributed by atoms with van der Waals surface area (Å²) in [5.41, 5.74) is 2.91. The molecule has 1 heteroatoms. The van der Waals surface area contributed by atoms with Crippen LogP contribution in [0.25, 0.3) is 11.1 Å². The maximum atomic E-state index is 9.16. The molecule has 1 N–H and O–H groups in total. The van der Waals surface area contributed by atoms with E-state index in [1.807, 2.05) is 42.5 Å². The Morgan fingerprint density at radius 1 is 1.07 bits per heavy atom. The van der Waals surface area contributed by atoms with E-state index in [4.69, 9.17) is 5.11 Å². The molecule has 0 heterocycles. The molecule has 2 rings (SSSR count). The molecule has 0 saturated carbocycles. The van der Waals surface area contributed by atoms with Crippen molar-refractivity contribution in [2.75, 3.05) is 0 Å². The van der Waals surface area contributed by atoms with Crippen LogP contribution in [0.1, 0.15) is 5.56 Å². The molecule has 68 valence electrons. The van der Waals surface area contributed by atoms with E-state index in [0.717, 1.165) is 16.7 Å². The molecule has 0 unspecified atom stereocenters. The Morgan fingerprint density at radius 2 is 1.93 bits per heavy atom. The molecule has 2 aromatic carbocycles. The molecule has 1 nitrogen and oxygen atoms in total. The summed E-state index contributed by atoms with van der Waals surface area (Å²) >= 11 is 0. The van der Waals surface area contributed by atoms with Gasteiger partial charge in [0.2, 0.25) is 0 Å².